The molecule has 0 radical (unpaired) electrons. The first-order valence-electron chi connectivity index (χ1n) is 10.8. The summed E-state index contributed by atoms with van der Waals surface area (Å²) in [5.41, 5.74) is 3.57. The quantitative estimate of drug-likeness (QED) is 0.0813. The maximum absolute atomic E-state index is 11.9. The molecule has 0 amide bonds. The van der Waals surface area contributed by atoms with Crippen LogP contribution in [0, 0.1) is 0 Å². The minimum atomic E-state index is -5.52. The largest absolute Gasteiger partial charge is 0.756 e. The van der Waals surface area contributed by atoms with Crippen LogP contribution in [0.3, 0.4) is 0 Å². The highest BCUT2D eigenvalue weighted by molar-refractivity contribution is 7.59. The van der Waals surface area contributed by atoms with Gasteiger partial charge in [-0.3, -0.25) is 23.5 Å². The number of rotatable bonds is 18. The van der Waals surface area contributed by atoms with Crippen molar-refractivity contribution in [2.45, 2.75) is 24.5 Å². The van der Waals surface area contributed by atoms with Gasteiger partial charge in [0.2, 0.25) is 0 Å². The highest BCUT2D eigenvalue weighted by Gasteiger charge is 2.44. The molecule has 6 atom stereocenters. The van der Waals surface area contributed by atoms with Crippen LogP contribution in [0.1, 0.15) is 6.23 Å². The van der Waals surface area contributed by atoms with Gasteiger partial charge in [-0.15, -0.1) is 0 Å². The molecule has 0 bridgehead atoms. The Bertz CT molecular complexity index is 1040. The molecule has 0 saturated carbocycles. The van der Waals surface area contributed by atoms with Crippen LogP contribution in [0.25, 0.3) is 0 Å². The summed E-state index contributed by atoms with van der Waals surface area (Å²) in [4.78, 5) is 48.6. The van der Waals surface area contributed by atoms with Gasteiger partial charge in [0.1, 0.15) is 18.3 Å². The molecule has 38 heavy (non-hydrogen) atoms. The number of aromatic nitrogens is 2. The number of ether oxygens (including phenoxy) is 4. The van der Waals surface area contributed by atoms with Crippen LogP contribution < -0.4 is 32.9 Å². The zero-order valence-electron chi connectivity index (χ0n) is 20.4. The molecule has 2 heterocycles. The summed E-state index contributed by atoms with van der Waals surface area (Å²) in [7, 11) is -10.9. The van der Waals surface area contributed by atoms with Crippen molar-refractivity contribution in [2.24, 2.45) is 5.73 Å². The van der Waals surface area contributed by atoms with Crippen molar-refractivity contribution in [1.82, 2.24) is 15.7 Å². The number of quaternary nitrogens is 1. The Morgan fingerprint density at radius 3 is 2.08 bits per heavy atom. The fourth-order valence-corrected chi connectivity index (χ4v) is 4.88. The first kappa shape index (κ1) is 34.6. The summed E-state index contributed by atoms with van der Waals surface area (Å²) in [5, 5.41) is 20.2. The molecule has 6 unspecified atom stereocenters. The molecule has 1 saturated heterocycles. The first-order chi connectivity index (χ1) is 17.5. The molecule has 1 aliphatic rings. The molecule has 0 aliphatic carbocycles. The fourth-order valence-electron chi connectivity index (χ4n) is 2.89. The lowest BCUT2D eigenvalue weighted by Gasteiger charge is -2.31. The lowest BCUT2D eigenvalue weighted by molar-refractivity contribution is -0.245. The van der Waals surface area contributed by atoms with Crippen LogP contribution in [-0.4, -0.2) is 97.5 Å². The molecule has 2 rings (SSSR count). The third kappa shape index (κ3) is 11.8. The number of nitrogens with one attached hydrogen (secondary N) is 1. The van der Waals surface area contributed by atoms with Crippen molar-refractivity contribution in [2.75, 3.05) is 59.4 Å². The number of aliphatic hydroxyl groups is 2. The van der Waals surface area contributed by atoms with Gasteiger partial charge >= 0.3 is 5.69 Å². The second kappa shape index (κ2) is 16.7. The van der Waals surface area contributed by atoms with Crippen molar-refractivity contribution in [3.8, 4) is 0 Å². The van der Waals surface area contributed by atoms with E-state index < -0.39 is 64.6 Å². The predicted octanol–water partition coefficient (Wildman–Crippen LogP) is -3.47. The fraction of sp³-hybridized carbons (Fsp3) is 0.765. The summed E-state index contributed by atoms with van der Waals surface area (Å²) in [5.74, 6) is 0. The van der Waals surface area contributed by atoms with Crippen LogP contribution in [0.5, 0.6) is 0 Å². The molecule has 1 aliphatic heterocycles. The van der Waals surface area contributed by atoms with E-state index in [1.807, 2.05) is 4.98 Å². The number of aromatic amines is 1. The van der Waals surface area contributed by atoms with Gasteiger partial charge < -0.3 is 59.9 Å². The third-order valence-electron chi connectivity index (χ3n) is 4.54. The summed E-state index contributed by atoms with van der Waals surface area (Å²) >= 11 is 0. The van der Waals surface area contributed by atoms with Gasteiger partial charge in [-0.1, -0.05) is 0 Å². The molecule has 9 N–H and O–H groups in total. The Kier molecular flexibility index (Phi) is 15.2. The number of nitrogens with two attached hydrogens (primary N) is 1. The first-order valence-corrected chi connectivity index (χ1v) is 13.8. The SMILES string of the molecule is NCCOCCOCCOCCOP(=O)([O-])OP(=O)([O-])OCC1OC(n2ccc(=O)[nH]c2=O)C(O)C1O.[NH4+]. The van der Waals surface area contributed by atoms with Gasteiger partial charge in [0.15, 0.2) is 6.23 Å². The van der Waals surface area contributed by atoms with E-state index >= 15 is 0 Å². The Labute approximate surface area is 216 Å². The van der Waals surface area contributed by atoms with E-state index in [9.17, 15) is 38.7 Å². The number of hydrogen-bond donors (Lipinski definition) is 5. The van der Waals surface area contributed by atoms with Gasteiger partial charge in [0.25, 0.3) is 21.2 Å². The summed E-state index contributed by atoms with van der Waals surface area (Å²) in [6.07, 6.45) is -5.47. The molecular formula is C17H33N4O15P2-. The van der Waals surface area contributed by atoms with Gasteiger partial charge in [-0.25, -0.2) is 9.11 Å². The van der Waals surface area contributed by atoms with Crippen molar-refractivity contribution < 1.29 is 61.4 Å². The summed E-state index contributed by atoms with van der Waals surface area (Å²) in [6, 6.07) is 0.958. The molecule has 0 spiro atoms. The van der Waals surface area contributed by atoms with E-state index in [0.717, 1.165) is 16.8 Å². The highest BCUT2D eigenvalue weighted by Crippen LogP contribution is 2.55. The summed E-state index contributed by atoms with van der Waals surface area (Å²) < 4.78 is 57.8. The predicted molar refractivity (Wildman–Crippen MR) is 123 cm³/mol. The van der Waals surface area contributed by atoms with Gasteiger partial charge in [0, 0.05) is 18.8 Å². The molecule has 0 aromatic carbocycles. The normalized spacial score (nSPS) is 24.4. The van der Waals surface area contributed by atoms with E-state index in [0.29, 0.717) is 26.4 Å². The smallest absolute Gasteiger partial charge is 0.330 e. The number of hydrogen-bond acceptors (Lipinski definition) is 16. The van der Waals surface area contributed by atoms with Crippen molar-refractivity contribution in [3.63, 3.8) is 0 Å². The third-order valence-corrected chi connectivity index (χ3v) is 7.11. The van der Waals surface area contributed by atoms with Crippen molar-refractivity contribution in [1.29, 1.82) is 0 Å². The standard InChI is InChI=1S/C17H31N3O15P2.H3N/c18-2-4-29-5-6-30-7-8-31-9-10-32-36(25,26)35-37(27,28)33-11-12-14(22)15(23)16(34-12)20-3-1-13(21)19-17(20)24;/h1,3,12,14-16,22-23H,2,4-11,18H2,(H,25,26)(H,27,28)(H,19,21,24);1H3/p-1. The second-order valence-electron chi connectivity index (χ2n) is 7.29. The Balaban J connectivity index is 0.00000722. The number of H-pyrrole nitrogens is 1. The molecular weight excluding hydrogens is 562 g/mol. The van der Waals surface area contributed by atoms with Gasteiger partial charge in [-0.2, -0.15) is 0 Å². The maximum atomic E-state index is 11.9. The van der Waals surface area contributed by atoms with Gasteiger partial charge in [-0.05, 0) is 0 Å². The minimum Gasteiger partial charge on any atom is -0.756 e. The van der Waals surface area contributed by atoms with Crippen LogP contribution in [0.15, 0.2) is 21.9 Å². The topological polar surface area (TPSA) is 303 Å². The minimum absolute atomic E-state index is 0. The number of phosphoric ester groups is 2. The van der Waals surface area contributed by atoms with Crippen molar-refractivity contribution >= 4 is 15.6 Å². The molecule has 222 valence electrons. The van der Waals surface area contributed by atoms with Crippen molar-refractivity contribution in [3.05, 3.63) is 33.1 Å². The van der Waals surface area contributed by atoms with E-state index in [1.54, 1.807) is 0 Å². The summed E-state index contributed by atoms with van der Waals surface area (Å²) in [6.45, 7) is 0.0236. The number of phosphoric acid groups is 2. The maximum Gasteiger partial charge on any atom is 0.330 e. The van der Waals surface area contributed by atoms with E-state index in [1.165, 1.54) is 0 Å². The average Bonchev–Trinajstić information content (AvgIpc) is 3.09. The Morgan fingerprint density at radius 1 is 0.947 bits per heavy atom. The van der Waals surface area contributed by atoms with E-state index in [2.05, 4.69) is 13.4 Å². The van der Waals surface area contributed by atoms with Crippen LogP contribution >= 0.6 is 15.6 Å². The Hall–Kier alpha value is -1.38. The van der Waals surface area contributed by atoms with E-state index in [-0.39, 0.29) is 26.0 Å². The molecule has 21 heteroatoms. The molecule has 19 nitrogen and oxygen atoms in total. The van der Waals surface area contributed by atoms with Gasteiger partial charge in [0.05, 0.1) is 52.9 Å². The molecule has 1 aromatic rings. The average molecular weight is 595 g/mol. The second-order valence-corrected chi connectivity index (χ2v) is 10.3. The lowest BCUT2D eigenvalue weighted by Crippen LogP contribution is -2.37. The van der Waals surface area contributed by atoms with Crippen LogP contribution in [0.2, 0.25) is 0 Å². The number of aliphatic hydroxyl groups excluding tert-OH is 2. The van der Waals surface area contributed by atoms with E-state index in [4.69, 9.17) is 24.7 Å². The lowest BCUT2D eigenvalue weighted by atomic mass is 10.1. The highest BCUT2D eigenvalue weighted by atomic mass is 31.3. The Morgan fingerprint density at radius 2 is 1.50 bits per heavy atom. The van der Waals surface area contributed by atoms with Crippen LogP contribution in [-0.2, 0) is 41.4 Å². The zero-order chi connectivity index (χ0) is 27.5. The molecule has 1 fully saturated rings. The molecule has 1 aromatic heterocycles. The number of nitrogens with zero attached hydrogens (tertiary/aromatic N) is 1. The zero-order valence-corrected chi connectivity index (χ0v) is 22.2. The van der Waals surface area contributed by atoms with Crippen LogP contribution in [0.4, 0.5) is 0 Å². The monoisotopic (exact) mass is 595 g/mol.